The van der Waals surface area contributed by atoms with E-state index in [0.29, 0.717) is 0 Å². The molecule has 95 valence electrons. The van der Waals surface area contributed by atoms with Gasteiger partial charge < -0.3 is 4.74 Å². The summed E-state index contributed by atoms with van der Waals surface area (Å²) in [6.07, 6.45) is 0. The van der Waals surface area contributed by atoms with Crippen LogP contribution in [0.4, 0.5) is 0 Å². The van der Waals surface area contributed by atoms with Gasteiger partial charge in [-0.25, -0.2) is 0 Å². The van der Waals surface area contributed by atoms with Crippen molar-refractivity contribution in [3.8, 4) is 22.6 Å². The van der Waals surface area contributed by atoms with Crippen LogP contribution in [-0.2, 0) is 0 Å². The molecule has 3 aromatic rings. The molecule has 0 aromatic heterocycles. The van der Waals surface area contributed by atoms with E-state index in [-0.39, 0.29) is 0 Å². The van der Waals surface area contributed by atoms with E-state index >= 15 is 0 Å². The molecular formula is C18H13OSi. The predicted molar refractivity (Wildman–Crippen MR) is 83.8 cm³/mol. The van der Waals surface area contributed by atoms with E-state index in [9.17, 15) is 0 Å². The molecule has 0 atom stereocenters. The zero-order chi connectivity index (χ0) is 13.8. The van der Waals surface area contributed by atoms with Crippen molar-refractivity contribution >= 4 is 15.4 Å². The molecule has 0 amide bonds. The van der Waals surface area contributed by atoms with Gasteiger partial charge in [-0.3, -0.25) is 0 Å². The minimum atomic E-state index is 0.839. The van der Waals surface area contributed by atoms with Gasteiger partial charge in [0, 0.05) is 0 Å². The summed E-state index contributed by atoms with van der Waals surface area (Å²) in [4.78, 5) is 0. The fraction of sp³-hybridized carbons (Fsp3) is 0. The maximum absolute atomic E-state index is 5.79. The first-order valence-corrected chi connectivity index (χ1v) is 6.97. The van der Waals surface area contributed by atoms with Crippen molar-refractivity contribution in [3.05, 3.63) is 78.9 Å². The van der Waals surface area contributed by atoms with Crippen LogP contribution in [0.1, 0.15) is 0 Å². The zero-order valence-corrected chi connectivity index (χ0v) is 11.9. The summed E-state index contributed by atoms with van der Waals surface area (Å²) in [5, 5.41) is 1.09. The lowest BCUT2D eigenvalue weighted by Gasteiger charge is -2.08. The Labute approximate surface area is 122 Å². The van der Waals surface area contributed by atoms with E-state index in [1.54, 1.807) is 0 Å². The molecule has 0 spiro atoms. The van der Waals surface area contributed by atoms with Gasteiger partial charge in [-0.15, -0.1) is 0 Å². The highest BCUT2D eigenvalue weighted by Gasteiger charge is 2.02. The minimum Gasteiger partial charge on any atom is -0.457 e. The van der Waals surface area contributed by atoms with Gasteiger partial charge >= 0.3 is 0 Å². The van der Waals surface area contributed by atoms with Gasteiger partial charge in [-0.05, 0) is 35.4 Å². The summed E-state index contributed by atoms with van der Waals surface area (Å²) in [7, 11) is 3.63. The number of hydrogen-bond donors (Lipinski definition) is 0. The standard InChI is InChI=1S/C18H13OSi/c20-18-9-5-4-8-17(18)14-10-12-16(13-11-14)19-15-6-2-1-3-7-15/h1-13H. The van der Waals surface area contributed by atoms with Crippen LogP contribution in [0.15, 0.2) is 78.9 Å². The van der Waals surface area contributed by atoms with Crippen molar-refractivity contribution in [1.29, 1.82) is 0 Å². The molecule has 3 aromatic carbocycles. The summed E-state index contributed by atoms with van der Waals surface area (Å²) in [5.74, 6) is 1.69. The average Bonchev–Trinajstić information content (AvgIpc) is 2.50. The number of ether oxygens (including phenoxy) is 1. The van der Waals surface area contributed by atoms with E-state index < -0.39 is 0 Å². The predicted octanol–water partition coefficient (Wildman–Crippen LogP) is 3.94. The van der Waals surface area contributed by atoms with Gasteiger partial charge in [0.05, 0.1) is 10.2 Å². The quantitative estimate of drug-likeness (QED) is 0.657. The van der Waals surface area contributed by atoms with Crippen molar-refractivity contribution < 1.29 is 4.74 Å². The third-order valence-electron chi connectivity index (χ3n) is 3.07. The molecule has 0 saturated heterocycles. The maximum Gasteiger partial charge on any atom is 0.127 e. The maximum atomic E-state index is 5.79. The van der Waals surface area contributed by atoms with Crippen LogP contribution in [0, 0.1) is 0 Å². The van der Waals surface area contributed by atoms with E-state index in [2.05, 4.69) is 28.4 Å². The number of para-hydroxylation sites is 1. The fourth-order valence-corrected chi connectivity index (χ4v) is 2.39. The zero-order valence-electron chi connectivity index (χ0n) is 10.9. The van der Waals surface area contributed by atoms with Gasteiger partial charge in [0.1, 0.15) is 11.5 Å². The number of rotatable bonds is 3. The summed E-state index contributed by atoms with van der Waals surface area (Å²) >= 11 is 0. The van der Waals surface area contributed by atoms with Crippen LogP contribution in [0.25, 0.3) is 11.1 Å². The van der Waals surface area contributed by atoms with Crippen LogP contribution in [0.3, 0.4) is 0 Å². The smallest absolute Gasteiger partial charge is 0.127 e. The Balaban J connectivity index is 1.83. The molecule has 3 radical (unpaired) electrons. The van der Waals surface area contributed by atoms with Crippen LogP contribution in [-0.4, -0.2) is 10.2 Å². The van der Waals surface area contributed by atoms with Crippen molar-refractivity contribution in [2.75, 3.05) is 0 Å². The van der Waals surface area contributed by atoms with Crippen LogP contribution in [0.2, 0.25) is 0 Å². The summed E-state index contributed by atoms with van der Waals surface area (Å²) in [6, 6.07) is 26.1. The Morgan fingerprint density at radius 2 is 1.20 bits per heavy atom. The van der Waals surface area contributed by atoms with E-state index in [1.807, 2.05) is 60.7 Å². The minimum absolute atomic E-state index is 0.839. The Kier molecular flexibility index (Phi) is 3.66. The summed E-state index contributed by atoms with van der Waals surface area (Å²) < 4.78 is 5.79. The Morgan fingerprint density at radius 1 is 0.600 bits per heavy atom. The fourth-order valence-electron chi connectivity index (χ4n) is 2.06. The van der Waals surface area contributed by atoms with Crippen molar-refractivity contribution in [2.45, 2.75) is 0 Å². The molecule has 3 rings (SSSR count). The lowest BCUT2D eigenvalue weighted by molar-refractivity contribution is 0.483. The Hall–Kier alpha value is -2.32. The second-order valence-corrected chi connectivity index (χ2v) is 5.02. The molecule has 0 fully saturated rings. The first kappa shape index (κ1) is 12.7. The molecule has 0 N–H and O–H groups in total. The monoisotopic (exact) mass is 273 g/mol. The topological polar surface area (TPSA) is 9.23 Å². The molecule has 0 saturated carbocycles. The molecule has 0 aliphatic carbocycles. The highest BCUT2D eigenvalue weighted by atomic mass is 28.1. The SMILES string of the molecule is [Si]c1ccccc1-c1ccc(Oc2ccccc2)cc1. The molecule has 0 unspecified atom stereocenters. The van der Waals surface area contributed by atoms with Crippen molar-refractivity contribution in [1.82, 2.24) is 0 Å². The third-order valence-corrected chi connectivity index (χ3v) is 3.51. The molecular weight excluding hydrogens is 260 g/mol. The molecule has 0 bridgehead atoms. The largest absolute Gasteiger partial charge is 0.457 e. The van der Waals surface area contributed by atoms with Gasteiger partial charge in [0.25, 0.3) is 0 Å². The lowest BCUT2D eigenvalue weighted by atomic mass is 10.1. The molecule has 1 nitrogen and oxygen atoms in total. The highest BCUT2D eigenvalue weighted by molar-refractivity contribution is 6.35. The van der Waals surface area contributed by atoms with Crippen molar-refractivity contribution in [3.63, 3.8) is 0 Å². The Morgan fingerprint density at radius 3 is 1.90 bits per heavy atom. The van der Waals surface area contributed by atoms with Gasteiger partial charge in [0.2, 0.25) is 0 Å². The second kappa shape index (κ2) is 5.76. The van der Waals surface area contributed by atoms with Gasteiger partial charge in [-0.1, -0.05) is 59.8 Å². The van der Waals surface area contributed by atoms with Crippen LogP contribution in [0.5, 0.6) is 11.5 Å². The number of hydrogen-bond acceptors (Lipinski definition) is 1. The van der Waals surface area contributed by atoms with E-state index in [1.165, 1.54) is 5.56 Å². The third kappa shape index (κ3) is 2.81. The van der Waals surface area contributed by atoms with Crippen molar-refractivity contribution in [2.24, 2.45) is 0 Å². The van der Waals surface area contributed by atoms with Gasteiger partial charge in [0.15, 0.2) is 0 Å². The first-order chi connectivity index (χ1) is 9.83. The summed E-state index contributed by atoms with van der Waals surface area (Å²) in [5.41, 5.74) is 2.34. The molecule has 2 heteroatoms. The average molecular weight is 273 g/mol. The normalized spacial score (nSPS) is 10.2. The van der Waals surface area contributed by atoms with E-state index in [0.717, 1.165) is 22.2 Å². The van der Waals surface area contributed by atoms with Gasteiger partial charge in [-0.2, -0.15) is 0 Å². The molecule has 0 aliphatic heterocycles. The van der Waals surface area contributed by atoms with Crippen LogP contribution < -0.4 is 9.92 Å². The molecule has 20 heavy (non-hydrogen) atoms. The van der Waals surface area contributed by atoms with Crippen LogP contribution >= 0.6 is 0 Å². The number of benzene rings is 3. The second-order valence-electron chi connectivity index (χ2n) is 4.49. The van der Waals surface area contributed by atoms with E-state index in [4.69, 9.17) is 4.74 Å². The molecule has 0 aliphatic rings. The molecule has 0 heterocycles. The highest BCUT2D eigenvalue weighted by Crippen LogP contribution is 2.24. The Bertz CT molecular complexity index is 690. The first-order valence-electron chi connectivity index (χ1n) is 6.47. The lowest BCUT2D eigenvalue weighted by Crippen LogP contribution is -2.05. The summed E-state index contributed by atoms with van der Waals surface area (Å²) in [6.45, 7) is 0.